The van der Waals surface area contributed by atoms with Gasteiger partial charge in [0, 0.05) is 39.7 Å². The molecule has 1 aliphatic rings. The molecule has 1 fully saturated rings. The number of nitrogens with zero attached hydrogens (tertiary/aromatic N) is 1. The van der Waals surface area contributed by atoms with Gasteiger partial charge in [0.25, 0.3) is 0 Å². The highest BCUT2D eigenvalue weighted by atomic mass is 16.7. The predicted octanol–water partition coefficient (Wildman–Crippen LogP) is 4.63. The first-order valence-corrected chi connectivity index (χ1v) is 10.7. The number of allylic oxidation sites excluding steroid dienone is 1. The molecule has 1 saturated heterocycles. The third kappa shape index (κ3) is 7.65. The number of benzene rings is 1. The molecule has 7 nitrogen and oxygen atoms in total. The van der Waals surface area contributed by atoms with E-state index in [1.807, 2.05) is 64.1 Å². The van der Waals surface area contributed by atoms with Crippen LogP contribution in [0.25, 0.3) is 0 Å². The van der Waals surface area contributed by atoms with Crippen molar-refractivity contribution in [2.45, 2.75) is 71.0 Å². The Hall–Kier alpha value is -1.87. The summed E-state index contributed by atoms with van der Waals surface area (Å²) in [6.45, 7) is 8.78. The lowest BCUT2D eigenvalue weighted by molar-refractivity contribution is -0.107. The first-order valence-electron chi connectivity index (χ1n) is 10.7. The highest BCUT2D eigenvalue weighted by molar-refractivity contribution is 6.46. The Kier molecular flexibility index (Phi) is 9.56. The van der Waals surface area contributed by atoms with Crippen molar-refractivity contribution < 1.29 is 28.3 Å². The van der Waals surface area contributed by atoms with Gasteiger partial charge in [0.05, 0.1) is 11.2 Å². The van der Waals surface area contributed by atoms with E-state index >= 15 is 0 Å². The minimum Gasteiger partial charge on any atom is -0.444 e. The summed E-state index contributed by atoms with van der Waals surface area (Å²) in [5.74, 6) is 0. The molecule has 0 unspecified atom stereocenters. The maximum Gasteiger partial charge on any atom is 0.461 e. The predicted molar refractivity (Wildman–Crippen MR) is 120 cm³/mol. The van der Waals surface area contributed by atoms with Crippen molar-refractivity contribution in [3.63, 3.8) is 0 Å². The zero-order valence-electron chi connectivity index (χ0n) is 19.6. The molecule has 0 saturated carbocycles. The second kappa shape index (κ2) is 11.7. The molecule has 1 aliphatic heterocycles. The number of rotatable bonds is 11. The van der Waals surface area contributed by atoms with Crippen LogP contribution in [0.4, 0.5) is 4.79 Å². The molecule has 8 heteroatoms. The fourth-order valence-electron chi connectivity index (χ4n) is 3.15. The molecule has 1 heterocycles. The van der Waals surface area contributed by atoms with Crippen molar-refractivity contribution >= 4 is 13.2 Å². The van der Waals surface area contributed by atoms with Gasteiger partial charge in [-0.2, -0.15) is 0 Å². The van der Waals surface area contributed by atoms with Crippen LogP contribution < -0.4 is 0 Å². The third-order valence-corrected chi connectivity index (χ3v) is 5.72. The standard InChI is InChI=1S/C23H36BNO6/c1-22(2)23(3,4)31-24(30-22)15-11-17-25(16-10-14-20(27-5)28-6)21(26)29-18-19-12-8-7-9-13-19/h7-9,11-13,17,20H,10,14-16,18H2,1-6H3/b17-11+. The molecule has 0 aliphatic carbocycles. The molecule has 0 aromatic heterocycles. The van der Waals surface area contributed by atoms with Gasteiger partial charge >= 0.3 is 13.2 Å². The highest BCUT2D eigenvalue weighted by Crippen LogP contribution is 2.37. The Bertz CT molecular complexity index is 689. The summed E-state index contributed by atoms with van der Waals surface area (Å²) in [5.41, 5.74) is 0.181. The molecule has 1 aromatic carbocycles. The zero-order chi connectivity index (χ0) is 22.9. The second-order valence-corrected chi connectivity index (χ2v) is 8.58. The van der Waals surface area contributed by atoms with Gasteiger partial charge in [-0.25, -0.2) is 4.79 Å². The normalized spacial score (nSPS) is 17.5. The summed E-state index contributed by atoms with van der Waals surface area (Å²) >= 11 is 0. The number of hydrogen-bond acceptors (Lipinski definition) is 6. The average Bonchev–Trinajstić information content (AvgIpc) is 2.95. The van der Waals surface area contributed by atoms with Crippen molar-refractivity contribution in [2.75, 3.05) is 20.8 Å². The van der Waals surface area contributed by atoms with Crippen molar-refractivity contribution in [3.05, 3.63) is 48.2 Å². The molecule has 0 atom stereocenters. The number of carbonyl (C=O) groups is 1. The monoisotopic (exact) mass is 433 g/mol. The maximum atomic E-state index is 12.7. The molecule has 2 rings (SSSR count). The lowest BCUT2D eigenvalue weighted by Crippen LogP contribution is -2.41. The summed E-state index contributed by atoms with van der Waals surface area (Å²) in [5, 5.41) is 0. The number of hydrogen-bond donors (Lipinski definition) is 0. The summed E-state index contributed by atoms with van der Waals surface area (Å²) in [4.78, 5) is 14.3. The fourth-order valence-corrected chi connectivity index (χ4v) is 3.15. The number of methoxy groups -OCH3 is 2. The third-order valence-electron chi connectivity index (χ3n) is 5.72. The van der Waals surface area contributed by atoms with Crippen molar-refractivity contribution in [1.82, 2.24) is 4.90 Å². The van der Waals surface area contributed by atoms with Crippen LogP contribution in [0.5, 0.6) is 0 Å². The van der Waals surface area contributed by atoms with Crippen LogP contribution >= 0.6 is 0 Å². The molecular weight excluding hydrogens is 397 g/mol. The number of amides is 1. The summed E-state index contributed by atoms with van der Waals surface area (Å²) in [7, 11) is 2.85. The first-order chi connectivity index (χ1) is 14.7. The molecular formula is C23H36BNO6. The Morgan fingerprint density at radius 1 is 1.10 bits per heavy atom. The van der Waals surface area contributed by atoms with Gasteiger partial charge in [-0.1, -0.05) is 36.4 Å². The van der Waals surface area contributed by atoms with E-state index in [1.165, 1.54) is 0 Å². The van der Waals surface area contributed by atoms with Crippen molar-refractivity contribution in [1.29, 1.82) is 0 Å². The molecule has 31 heavy (non-hydrogen) atoms. The van der Waals surface area contributed by atoms with Crippen LogP contribution in [-0.4, -0.2) is 56.4 Å². The Morgan fingerprint density at radius 2 is 1.71 bits per heavy atom. The molecule has 172 valence electrons. The quantitative estimate of drug-likeness (QED) is 0.375. The van der Waals surface area contributed by atoms with Gasteiger partial charge in [-0.3, -0.25) is 4.90 Å². The smallest absolute Gasteiger partial charge is 0.444 e. The van der Waals surface area contributed by atoms with E-state index < -0.39 is 6.09 Å². The van der Waals surface area contributed by atoms with Gasteiger partial charge in [0.2, 0.25) is 0 Å². The van der Waals surface area contributed by atoms with E-state index in [-0.39, 0.29) is 31.2 Å². The summed E-state index contributed by atoms with van der Waals surface area (Å²) in [6, 6.07) is 9.61. The number of ether oxygens (including phenoxy) is 3. The topological polar surface area (TPSA) is 66.5 Å². The van der Waals surface area contributed by atoms with Crippen molar-refractivity contribution in [2.24, 2.45) is 0 Å². The lowest BCUT2D eigenvalue weighted by Gasteiger charge is -2.32. The Balaban J connectivity index is 1.94. The largest absolute Gasteiger partial charge is 0.461 e. The fraction of sp³-hybridized carbons (Fsp3) is 0.609. The Morgan fingerprint density at radius 3 is 2.29 bits per heavy atom. The molecule has 0 radical (unpaired) electrons. The van der Waals surface area contributed by atoms with E-state index in [9.17, 15) is 4.79 Å². The summed E-state index contributed by atoms with van der Waals surface area (Å²) in [6.07, 6.45) is 4.84. The SMILES string of the molecule is COC(CCCN(/C=C/CB1OC(C)(C)C(C)(C)O1)C(=O)OCc1ccccc1)OC. The second-order valence-electron chi connectivity index (χ2n) is 8.58. The number of carbonyl (C=O) groups excluding carboxylic acids is 1. The minimum atomic E-state index is -0.402. The molecule has 1 amide bonds. The van der Waals surface area contributed by atoms with Gasteiger partial charge in [-0.05, 0) is 39.7 Å². The zero-order valence-corrected chi connectivity index (χ0v) is 19.6. The van der Waals surface area contributed by atoms with Crippen LogP contribution in [0.3, 0.4) is 0 Å². The maximum absolute atomic E-state index is 12.7. The van der Waals surface area contributed by atoms with Crippen LogP contribution in [0.15, 0.2) is 42.6 Å². The molecule has 0 bridgehead atoms. The van der Waals surface area contributed by atoms with E-state index in [4.69, 9.17) is 23.5 Å². The van der Waals surface area contributed by atoms with E-state index in [0.29, 0.717) is 25.7 Å². The van der Waals surface area contributed by atoms with Gasteiger partial charge in [0.15, 0.2) is 6.29 Å². The van der Waals surface area contributed by atoms with E-state index in [1.54, 1.807) is 25.3 Å². The van der Waals surface area contributed by atoms with Crippen LogP contribution in [0, 0.1) is 0 Å². The van der Waals surface area contributed by atoms with Crippen LogP contribution in [0.2, 0.25) is 6.32 Å². The van der Waals surface area contributed by atoms with E-state index in [2.05, 4.69) is 0 Å². The highest BCUT2D eigenvalue weighted by Gasteiger charge is 2.50. The lowest BCUT2D eigenvalue weighted by atomic mass is 9.85. The van der Waals surface area contributed by atoms with Gasteiger partial charge in [0.1, 0.15) is 6.61 Å². The molecule has 0 spiro atoms. The Labute approximate surface area is 186 Å². The molecule has 1 aromatic rings. The van der Waals surface area contributed by atoms with E-state index in [0.717, 1.165) is 5.56 Å². The summed E-state index contributed by atoms with van der Waals surface area (Å²) < 4.78 is 28.0. The minimum absolute atomic E-state index is 0.222. The van der Waals surface area contributed by atoms with Crippen molar-refractivity contribution in [3.8, 4) is 0 Å². The van der Waals surface area contributed by atoms with Gasteiger partial charge in [-0.15, -0.1) is 0 Å². The first kappa shape index (κ1) is 25.4. The van der Waals surface area contributed by atoms with Crippen LogP contribution in [0.1, 0.15) is 46.1 Å². The average molecular weight is 433 g/mol. The molecule has 0 N–H and O–H groups in total. The van der Waals surface area contributed by atoms with Crippen LogP contribution in [-0.2, 0) is 30.1 Å². The van der Waals surface area contributed by atoms with Gasteiger partial charge < -0.3 is 23.5 Å².